The summed E-state index contributed by atoms with van der Waals surface area (Å²) >= 11 is 0. The van der Waals surface area contributed by atoms with Gasteiger partial charge in [-0.05, 0) is 44.5 Å². The van der Waals surface area contributed by atoms with Crippen molar-refractivity contribution < 1.29 is 28.9 Å². The Hall–Kier alpha value is -3.59. The summed E-state index contributed by atoms with van der Waals surface area (Å²) in [7, 11) is 3.01. The number of pyridine rings is 1. The Morgan fingerprint density at radius 2 is 1.85 bits per heavy atom. The van der Waals surface area contributed by atoms with Gasteiger partial charge in [0.2, 0.25) is 0 Å². The van der Waals surface area contributed by atoms with E-state index < -0.39 is 0 Å². The van der Waals surface area contributed by atoms with Crippen LogP contribution in [-0.2, 0) is 14.3 Å². The second-order valence-electron chi connectivity index (χ2n) is 7.81. The molecule has 2 aromatic carbocycles. The Balaban J connectivity index is 0.00000103. The number of rotatable bonds is 9. The molecule has 3 aromatic rings. The van der Waals surface area contributed by atoms with Crippen LogP contribution in [0.1, 0.15) is 19.3 Å². The first-order chi connectivity index (χ1) is 16.6. The van der Waals surface area contributed by atoms with Gasteiger partial charge in [0, 0.05) is 23.4 Å². The maximum absolute atomic E-state index is 11.7. The SMILES string of the molecule is COC(=O)CNc1c2ccccc2nc2cc(OCCCN3CCCC3)c(OC)cc12.O=CO. The first-order valence-electron chi connectivity index (χ1n) is 11.3. The highest BCUT2D eigenvalue weighted by Gasteiger charge is 2.16. The third-order valence-corrected chi connectivity index (χ3v) is 5.68. The number of aromatic nitrogens is 1. The number of hydrogen-bond donors (Lipinski definition) is 2. The number of methoxy groups -OCH3 is 2. The summed E-state index contributed by atoms with van der Waals surface area (Å²) < 4.78 is 16.5. The van der Waals surface area contributed by atoms with Crippen molar-refractivity contribution in [3.8, 4) is 11.5 Å². The molecule has 182 valence electrons. The number of carboxylic acid groups (broad SMARTS) is 1. The number of carbonyl (C=O) groups excluding carboxylic acids is 1. The zero-order valence-electron chi connectivity index (χ0n) is 19.6. The molecule has 0 atom stereocenters. The Morgan fingerprint density at radius 3 is 2.56 bits per heavy atom. The van der Waals surface area contributed by atoms with Gasteiger partial charge < -0.3 is 29.5 Å². The number of ether oxygens (including phenoxy) is 3. The average Bonchev–Trinajstić information content (AvgIpc) is 3.38. The minimum absolute atomic E-state index is 0.0661. The molecule has 1 aromatic heterocycles. The third-order valence-electron chi connectivity index (χ3n) is 5.68. The van der Waals surface area contributed by atoms with Crippen LogP contribution < -0.4 is 14.8 Å². The maximum Gasteiger partial charge on any atom is 0.325 e. The van der Waals surface area contributed by atoms with Crippen LogP contribution in [0.4, 0.5) is 5.69 Å². The number of carbonyl (C=O) groups is 2. The topological polar surface area (TPSA) is 110 Å². The van der Waals surface area contributed by atoms with Gasteiger partial charge in [0.05, 0.1) is 37.5 Å². The van der Waals surface area contributed by atoms with E-state index in [9.17, 15) is 4.79 Å². The second kappa shape index (κ2) is 12.6. The summed E-state index contributed by atoms with van der Waals surface area (Å²) in [6.07, 6.45) is 3.56. The van der Waals surface area contributed by atoms with Crippen molar-refractivity contribution in [1.82, 2.24) is 9.88 Å². The van der Waals surface area contributed by atoms with Gasteiger partial charge in [-0.15, -0.1) is 0 Å². The average molecular weight is 470 g/mol. The molecule has 34 heavy (non-hydrogen) atoms. The molecule has 9 nitrogen and oxygen atoms in total. The Bertz CT molecular complexity index is 1110. The Kier molecular flexibility index (Phi) is 9.28. The molecule has 0 saturated carbocycles. The number of esters is 1. The first kappa shape index (κ1) is 25.0. The summed E-state index contributed by atoms with van der Waals surface area (Å²) in [5, 5.41) is 11.9. The molecular weight excluding hydrogens is 438 g/mol. The van der Waals surface area contributed by atoms with E-state index in [1.807, 2.05) is 36.4 Å². The van der Waals surface area contributed by atoms with E-state index in [-0.39, 0.29) is 19.0 Å². The molecule has 2 N–H and O–H groups in total. The van der Waals surface area contributed by atoms with E-state index in [4.69, 9.17) is 29.1 Å². The number of nitrogens with zero attached hydrogens (tertiary/aromatic N) is 2. The van der Waals surface area contributed by atoms with Crippen molar-refractivity contribution >= 4 is 39.9 Å². The van der Waals surface area contributed by atoms with Crippen molar-refractivity contribution in [2.45, 2.75) is 19.3 Å². The number of para-hydroxylation sites is 1. The van der Waals surface area contributed by atoms with Gasteiger partial charge in [-0.3, -0.25) is 9.59 Å². The van der Waals surface area contributed by atoms with E-state index in [1.165, 1.54) is 33.0 Å². The van der Waals surface area contributed by atoms with E-state index in [0.29, 0.717) is 18.1 Å². The third kappa shape index (κ3) is 6.26. The fraction of sp³-hybridized carbons (Fsp3) is 0.400. The maximum atomic E-state index is 11.7. The summed E-state index contributed by atoms with van der Waals surface area (Å²) in [6, 6.07) is 11.7. The second-order valence-corrected chi connectivity index (χ2v) is 7.81. The highest BCUT2D eigenvalue weighted by atomic mass is 16.5. The predicted molar refractivity (Wildman–Crippen MR) is 131 cm³/mol. The Morgan fingerprint density at radius 1 is 1.12 bits per heavy atom. The summed E-state index contributed by atoms with van der Waals surface area (Å²) in [4.78, 5) is 27.4. The fourth-order valence-electron chi connectivity index (χ4n) is 4.07. The molecule has 0 aliphatic carbocycles. The van der Waals surface area contributed by atoms with Crippen molar-refractivity contribution in [3.63, 3.8) is 0 Å². The van der Waals surface area contributed by atoms with Crippen LogP contribution in [0, 0.1) is 0 Å². The molecule has 4 rings (SSSR count). The lowest BCUT2D eigenvalue weighted by Crippen LogP contribution is -2.21. The van der Waals surface area contributed by atoms with E-state index in [0.717, 1.165) is 40.5 Å². The summed E-state index contributed by atoms with van der Waals surface area (Å²) in [6.45, 7) is 3.88. The minimum atomic E-state index is -0.334. The molecule has 2 heterocycles. The number of hydrogen-bond acceptors (Lipinski definition) is 8. The molecule has 9 heteroatoms. The zero-order valence-corrected chi connectivity index (χ0v) is 19.6. The minimum Gasteiger partial charge on any atom is -0.493 e. The Labute approximate surface area is 198 Å². The van der Waals surface area contributed by atoms with Crippen LogP contribution in [0.2, 0.25) is 0 Å². The van der Waals surface area contributed by atoms with Crippen LogP contribution in [0.25, 0.3) is 21.8 Å². The molecule has 1 aliphatic heterocycles. The lowest BCUT2D eigenvalue weighted by molar-refractivity contribution is -0.138. The molecule has 1 aliphatic rings. The molecule has 0 amide bonds. The molecule has 0 spiro atoms. The number of benzene rings is 2. The summed E-state index contributed by atoms with van der Waals surface area (Å²) in [5.41, 5.74) is 2.44. The van der Waals surface area contributed by atoms with Crippen LogP contribution in [0.5, 0.6) is 11.5 Å². The molecule has 1 fully saturated rings. The molecule has 0 unspecified atom stereocenters. The molecule has 0 bridgehead atoms. The number of likely N-dealkylation sites (tertiary alicyclic amines) is 1. The van der Waals surface area contributed by atoms with Crippen molar-refractivity contribution in [3.05, 3.63) is 36.4 Å². The molecular formula is C25H31N3O6. The lowest BCUT2D eigenvalue weighted by atomic mass is 10.1. The monoisotopic (exact) mass is 469 g/mol. The van der Waals surface area contributed by atoms with Crippen LogP contribution in [0.3, 0.4) is 0 Å². The van der Waals surface area contributed by atoms with Crippen LogP contribution in [-0.4, -0.2) is 74.4 Å². The normalized spacial score (nSPS) is 13.2. The quantitative estimate of drug-likeness (QED) is 0.210. The van der Waals surface area contributed by atoms with E-state index in [1.54, 1.807) is 7.11 Å². The van der Waals surface area contributed by atoms with Crippen molar-refractivity contribution in [1.29, 1.82) is 0 Å². The van der Waals surface area contributed by atoms with Crippen LogP contribution >= 0.6 is 0 Å². The van der Waals surface area contributed by atoms with Crippen molar-refractivity contribution in [2.24, 2.45) is 0 Å². The number of nitrogens with one attached hydrogen (secondary N) is 1. The number of anilines is 1. The smallest absolute Gasteiger partial charge is 0.325 e. The highest BCUT2D eigenvalue weighted by molar-refractivity contribution is 6.08. The summed E-state index contributed by atoms with van der Waals surface area (Å²) in [5.74, 6) is 0.990. The van der Waals surface area contributed by atoms with Gasteiger partial charge >= 0.3 is 5.97 Å². The van der Waals surface area contributed by atoms with E-state index >= 15 is 0 Å². The van der Waals surface area contributed by atoms with Crippen LogP contribution in [0.15, 0.2) is 36.4 Å². The fourth-order valence-corrected chi connectivity index (χ4v) is 4.07. The highest BCUT2D eigenvalue weighted by Crippen LogP contribution is 2.38. The predicted octanol–water partition coefficient (Wildman–Crippen LogP) is 3.55. The number of fused-ring (bicyclic) bond motifs is 2. The first-order valence-corrected chi connectivity index (χ1v) is 11.3. The standard InChI is InChI=1S/C24H29N3O4.CH2O2/c1-29-21-14-18-20(15-22(21)31-13-7-12-27-10-5-6-11-27)26-19-9-4-3-8-17(19)24(18)25-16-23(28)30-2;2-1-3/h3-4,8-9,14-15H,5-7,10-13,16H2,1-2H3,(H,25,26);1H,(H,2,3). The van der Waals surface area contributed by atoms with Gasteiger partial charge in [-0.1, -0.05) is 18.2 Å². The van der Waals surface area contributed by atoms with Gasteiger partial charge in [0.25, 0.3) is 6.47 Å². The zero-order chi connectivity index (χ0) is 24.3. The molecule has 0 radical (unpaired) electrons. The van der Waals surface area contributed by atoms with Gasteiger partial charge in [-0.25, -0.2) is 4.98 Å². The van der Waals surface area contributed by atoms with E-state index in [2.05, 4.69) is 10.2 Å². The lowest BCUT2D eigenvalue weighted by Gasteiger charge is -2.17. The molecule has 1 saturated heterocycles. The largest absolute Gasteiger partial charge is 0.493 e. The van der Waals surface area contributed by atoms with Gasteiger partial charge in [0.15, 0.2) is 11.5 Å². The van der Waals surface area contributed by atoms with Gasteiger partial charge in [0.1, 0.15) is 6.54 Å². The van der Waals surface area contributed by atoms with Gasteiger partial charge in [-0.2, -0.15) is 0 Å². The van der Waals surface area contributed by atoms with Crippen molar-refractivity contribution in [2.75, 3.05) is 52.3 Å².